The maximum absolute atomic E-state index is 10.7. The lowest BCUT2D eigenvalue weighted by Gasteiger charge is -2.03. The van der Waals surface area contributed by atoms with E-state index in [1.54, 1.807) is 0 Å². The van der Waals surface area contributed by atoms with E-state index in [1.807, 2.05) is 6.08 Å². The van der Waals surface area contributed by atoms with Gasteiger partial charge in [-0.2, -0.15) is 0 Å². The first kappa shape index (κ1) is 15.2. The Morgan fingerprint density at radius 3 is 2.38 bits per heavy atom. The Morgan fingerprint density at radius 2 is 1.75 bits per heavy atom. The summed E-state index contributed by atoms with van der Waals surface area (Å²) < 4.78 is 9.60. The number of hydrogen-bond donors (Lipinski definition) is 0. The van der Waals surface area contributed by atoms with E-state index >= 15 is 0 Å². The molecule has 0 unspecified atom stereocenters. The lowest BCUT2D eigenvalue weighted by molar-refractivity contribution is -0.145. The Morgan fingerprint density at radius 1 is 1.12 bits per heavy atom. The second-order valence-electron chi connectivity index (χ2n) is 3.83. The fourth-order valence-corrected chi connectivity index (χ4v) is 1.41. The van der Waals surface area contributed by atoms with Crippen LogP contribution in [0.4, 0.5) is 0 Å². The van der Waals surface area contributed by atoms with Gasteiger partial charge in [-0.1, -0.05) is 31.8 Å². The number of ether oxygens (including phenoxy) is 2. The molecule has 0 spiro atoms. The van der Waals surface area contributed by atoms with Crippen molar-refractivity contribution in [1.29, 1.82) is 0 Å². The van der Waals surface area contributed by atoms with E-state index in [1.165, 1.54) is 39.2 Å². The van der Waals surface area contributed by atoms with Crippen molar-refractivity contribution in [2.24, 2.45) is 0 Å². The van der Waals surface area contributed by atoms with Crippen molar-refractivity contribution in [2.45, 2.75) is 44.9 Å². The minimum Gasteiger partial charge on any atom is -0.467 e. The Kier molecular flexibility index (Phi) is 11.6. The number of allylic oxidation sites excluding steroid dienone is 1. The van der Waals surface area contributed by atoms with Crippen LogP contribution in [0.1, 0.15) is 44.9 Å². The van der Waals surface area contributed by atoms with E-state index in [4.69, 9.17) is 4.74 Å². The molecule has 3 heteroatoms. The minimum atomic E-state index is -0.301. The number of unbranched alkanes of at least 4 members (excludes halogenated alkanes) is 6. The molecule has 0 aliphatic rings. The summed E-state index contributed by atoms with van der Waals surface area (Å²) in [6.07, 6.45) is 10.4. The Balaban J connectivity index is 2.98. The van der Waals surface area contributed by atoms with Gasteiger partial charge < -0.3 is 9.47 Å². The standard InChI is InChI=1S/C13H24O3/c1-3-4-5-6-7-8-9-10-11-16-12-13(14)15-2/h3H,1,4-12H2,2H3. The molecule has 16 heavy (non-hydrogen) atoms. The van der Waals surface area contributed by atoms with Gasteiger partial charge in [-0.25, -0.2) is 4.79 Å². The summed E-state index contributed by atoms with van der Waals surface area (Å²) in [5.74, 6) is -0.301. The topological polar surface area (TPSA) is 35.5 Å². The number of carbonyl (C=O) groups is 1. The first-order chi connectivity index (χ1) is 7.81. The van der Waals surface area contributed by atoms with E-state index in [2.05, 4.69) is 11.3 Å². The van der Waals surface area contributed by atoms with Crippen molar-refractivity contribution >= 4 is 5.97 Å². The third-order valence-electron chi connectivity index (χ3n) is 2.39. The first-order valence-corrected chi connectivity index (χ1v) is 6.06. The highest BCUT2D eigenvalue weighted by Crippen LogP contribution is 2.07. The van der Waals surface area contributed by atoms with Gasteiger partial charge in [0.2, 0.25) is 0 Å². The maximum atomic E-state index is 10.7. The number of methoxy groups -OCH3 is 1. The highest BCUT2D eigenvalue weighted by atomic mass is 16.6. The van der Waals surface area contributed by atoms with E-state index in [0.29, 0.717) is 6.61 Å². The van der Waals surface area contributed by atoms with E-state index in [-0.39, 0.29) is 12.6 Å². The quantitative estimate of drug-likeness (QED) is 0.310. The van der Waals surface area contributed by atoms with Crippen LogP contribution >= 0.6 is 0 Å². The zero-order valence-electron chi connectivity index (χ0n) is 10.4. The zero-order chi connectivity index (χ0) is 12.1. The van der Waals surface area contributed by atoms with E-state index < -0.39 is 0 Å². The molecule has 0 atom stereocenters. The Bertz CT molecular complexity index is 178. The number of rotatable bonds is 11. The van der Waals surface area contributed by atoms with Crippen LogP contribution in [0.25, 0.3) is 0 Å². The second-order valence-corrected chi connectivity index (χ2v) is 3.83. The van der Waals surface area contributed by atoms with Gasteiger partial charge in [0.05, 0.1) is 7.11 Å². The van der Waals surface area contributed by atoms with Crippen LogP contribution in [-0.4, -0.2) is 26.3 Å². The van der Waals surface area contributed by atoms with Crippen molar-refractivity contribution in [2.75, 3.05) is 20.3 Å². The number of carbonyl (C=O) groups excluding carboxylic acids is 1. The smallest absolute Gasteiger partial charge is 0.331 e. The largest absolute Gasteiger partial charge is 0.467 e. The molecule has 0 N–H and O–H groups in total. The molecular formula is C13H24O3. The zero-order valence-corrected chi connectivity index (χ0v) is 10.4. The van der Waals surface area contributed by atoms with Gasteiger partial charge in [-0.3, -0.25) is 0 Å². The van der Waals surface area contributed by atoms with Gasteiger partial charge in [-0.05, 0) is 19.3 Å². The summed E-state index contributed by atoms with van der Waals surface area (Å²) in [4.78, 5) is 10.7. The van der Waals surface area contributed by atoms with Gasteiger partial charge in [0.15, 0.2) is 0 Å². The number of hydrogen-bond acceptors (Lipinski definition) is 3. The van der Waals surface area contributed by atoms with Gasteiger partial charge in [0.25, 0.3) is 0 Å². The van der Waals surface area contributed by atoms with Crippen LogP contribution in [0.3, 0.4) is 0 Å². The molecular weight excluding hydrogens is 204 g/mol. The minimum absolute atomic E-state index is 0.0792. The summed E-state index contributed by atoms with van der Waals surface area (Å²) in [6.45, 7) is 4.43. The molecule has 0 fully saturated rings. The van der Waals surface area contributed by atoms with Crippen LogP contribution < -0.4 is 0 Å². The number of esters is 1. The molecule has 0 saturated heterocycles. The molecule has 0 bridgehead atoms. The predicted molar refractivity (Wildman–Crippen MR) is 65.4 cm³/mol. The van der Waals surface area contributed by atoms with Gasteiger partial charge in [0.1, 0.15) is 6.61 Å². The molecule has 0 aromatic heterocycles. The maximum Gasteiger partial charge on any atom is 0.331 e. The molecule has 0 aliphatic heterocycles. The average molecular weight is 228 g/mol. The first-order valence-electron chi connectivity index (χ1n) is 6.06. The van der Waals surface area contributed by atoms with Crippen LogP contribution in [-0.2, 0) is 14.3 Å². The monoisotopic (exact) mass is 228 g/mol. The molecule has 0 aromatic carbocycles. The van der Waals surface area contributed by atoms with Gasteiger partial charge in [-0.15, -0.1) is 6.58 Å². The van der Waals surface area contributed by atoms with Crippen LogP contribution in [0.15, 0.2) is 12.7 Å². The van der Waals surface area contributed by atoms with Crippen molar-refractivity contribution < 1.29 is 14.3 Å². The summed E-state index contributed by atoms with van der Waals surface area (Å²) in [5, 5.41) is 0. The van der Waals surface area contributed by atoms with Crippen molar-refractivity contribution in [3.63, 3.8) is 0 Å². The summed E-state index contributed by atoms with van der Waals surface area (Å²) in [7, 11) is 1.37. The summed E-state index contributed by atoms with van der Waals surface area (Å²) in [5.41, 5.74) is 0. The van der Waals surface area contributed by atoms with E-state index in [9.17, 15) is 4.79 Å². The van der Waals surface area contributed by atoms with Gasteiger partial charge in [0, 0.05) is 6.61 Å². The summed E-state index contributed by atoms with van der Waals surface area (Å²) in [6, 6.07) is 0. The Hall–Kier alpha value is -0.830. The molecule has 0 saturated carbocycles. The fraction of sp³-hybridized carbons (Fsp3) is 0.769. The summed E-state index contributed by atoms with van der Waals surface area (Å²) >= 11 is 0. The van der Waals surface area contributed by atoms with Crippen molar-refractivity contribution in [1.82, 2.24) is 0 Å². The van der Waals surface area contributed by atoms with E-state index in [0.717, 1.165) is 12.8 Å². The van der Waals surface area contributed by atoms with Crippen molar-refractivity contribution in [3.8, 4) is 0 Å². The molecule has 0 radical (unpaired) electrons. The molecule has 0 heterocycles. The lowest BCUT2D eigenvalue weighted by atomic mass is 10.1. The molecule has 0 aliphatic carbocycles. The highest BCUT2D eigenvalue weighted by Gasteiger charge is 1.98. The van der Waals surface area contributed by atoms with Crippen LogP contribution in [0.2, 0.25) is 0 Å². The fourth-order valence-electron chi connectivity index (χ4n) is 1.41. The van der Waals surface area contributed by atoms with Crippen LogP contribution in [0, 0.1) is 0 Å². The average Bonchev–Trinajstić information content (AvgIpc) is 2.31. The molecule has 0 rings (SSSR count). The highest BCUT2D eigenvalue weighted by molar-refractivity contribution is 5.70. The second kappa shape index (κ2) is 12.2. The molecule has 94 valence electrons. The normalized spacial score (nSPS) is 10.1. The molecule has 3 nitrogen and oxygen atoms in total. The SMILES string of the molecule is C=CCCCCCCCCOCC(=O)OC. The predicted octanol–water partition coefficient (Wildman–Crippen LogP) is 3.09. The van der Waals surface area contributed by atoms with Gasteiger partial charge >= 0.3 is 5.97 Å². The van der Waals surface area contributed by atoms with Crippen molar-refractivity contribution in [3.05, 3.63) is 12.7 Å². The molecule has 0 amide bonds. The third kappa shape index (κ3) is 11.2. The van der Waals surface area contributed by atoms with Crippen LogP contribution in [0.5, 0.6) is 0 Å². The Labute approximate surface area is 98.8 Å². The molecule has 0 aromatic rings. The third-order valence-corrected chi connectivity index (χ3v) is 2.39. The lowest BCUT2D eigenvalue weighted by Crippen LogP contribution is -2.10.